The maximum atomic E-state index is 11.8. The highest BCUT2D eigenvalue weighted by atomic mass is 16.5. The Hall–Kier alpha value is -2.08. The lowest BCUT2D eigenvalue weighted by Crippen LogP contribution is -2.25. The third kappa shape index (κ3) is 3.71. The van der Waals surface area contributed by atoms with E-state index in [1.807, 2.05) is 0 Å². The van der Waals surface area contributed by atoms with Crippen LogP contribution in [0.15, 0.2) is 18.2 Å². The van der Waals surface area contributed by atoms with Crippen LogP contribution in [0.25, 0.3) is 0 Å². The summed E-state index contributed by atoms with van der Waals surface area (Å²) in [6.07, 6.45) is 3.13. The van der Waals surface area contributed by atoms with E-state index in [9.17, 15) is 14.7 Å². The van der Waals surface area contributed by atoms with Crippen molar-refractivity contribution in [3.63, 3.8) is 0 Å². The topological polar surface area (TPSA) is 95.9 Å². The number of benzene rings is 1. The quantitative estimate of drug-likeness (QED) is 0.732. The van der Waals surface area contributed by atoms with Crippen molar-refractivity contribution < 1.29 is 24.5 Å². The number of aromatic carboxylic acids is 1. The zero-order valence-electron chi connectivity index (χ0n) is 11.0. The van der Waals surface area contributed by atoms with Crippen LogP contribution in [0.2, 0.25) is 0 Å². The number of carbonyl (C=O) groups is 2. The van der Waals surface area contributed by atoms with Gasteiger partial charge in [0.2, 0.25) is 5.91 Å². The SMILES string of the molecule is O=C(CC1CCCCO1)Nc1ccc(O)c(C(=O)O)c1. The summed E-state index contributed by atoms with van der Waals surface area (Å²) >= 11 is 0. The van der Waals surface area contributed by atoms with E-state index in [-0.39, 0.29) is 29.7 Å². The number of aromatic hydroxyl groups is 1. The summed E-state index contributed by atoms with van der Waals surface area (Å²) in [6.45, 7) is 0.681. The maximum absolute atomic E-state index is 11.8. The van der Waals surface area contributed by atoms with Crippen LogP contribution in [-0.4, -0.2) is 34.8 Å². The molecule has 1 amide bonds. The van der Waals surface area contributed by atoms with Crippen LogP contribution in [0.4, 0.5) is 5.69 Å². The van der Waals surface area contributed by atoms with E-state index in [1.54, 1.807) is 0 Å². The minimum absolute atomic E-state index is 0.0696. The molecule has 1 fully saturated rings. The highest BCUT2D eigenvalue weighted by Crippen LogP contribution is 2.22. The monoisotopic (exact) mass is 279 g/mol. The molecule has 0 aliphatic carbocycles. The molecule has 0 spiro atoms. The summed E-state index contributed by atoms with van der Waals surface area (Å²) in [5, 5.41) is 20.9. The van der Waals surface area contributed by atoms with Crippen molar-refractivity contribution in [3.05, 3.63) is 23.8 Å². The number of carbonyl (C=O) groups excluding carboxylic acids is 1. The Bertz CT molecular complexity index is 508. The van der Waals surface area contributed by atoms with Crippen LogP contribution < -0.4 is 5.32 Å². The standard InChI is InChI=1S/C14H17NO5/c16-12-5-4-9(7-11(12)14(18)19)15-13(17)8-10-3-1-2-6-20-10/h4-5,7,10,16H,1-3,6,8H2,(H,15,17)(H,18,19). The Kier molecular flexibility index (Phi) is 4.57. The van der Waals surface area contributed by atoms with Gasteiger partial charge >= 0.3 is 5.97 Å². The van der Waals surface area contributed by atoms with Gasteiger partial charge in [-0.1, -0.05) is 0 Å². The number of phenols is 1. The number of amides is 1. The number of nitrogens with one attached hydrogen (secondary N) is 1. The molecule has 20 heavy (non-hydrogen) atoms. The number of ether oxygens (including phenoxy) is 1. The molecule has 0 bridgehead atoms. The van der Waals surface area contributed by atoms with Crippen LogP contribution in [0.1, 0.15) is 36.0 Å². The van der Waals surface area contributed by atoms with E-state index in [2.05, 4.69) is 5.32 Å². The molecule has 6 nitrogen and oxygen atoms in total. The molecule has 6 heteroatoms. The molecule has 1 saturated heterocycles. The molecule has 0 aromatic heterocycles. The van der Waals surface area contributed by atoms with Crippen LogP contribution in [0.3, 0.4) is 0 Å². The van der Waals surface area contributed by atoms with Gasteiger partial charge in [0.25, 0.3) is 0 Å². The normalized spacial score (nSPS) is 18.5. The van der Waals surface area contributed by atoms with Gasteiger partial charge in [-0.25, -0.2) is 4.79 Å². The first-order valence-electron chi connectivity index (χ1n) is 6.54. The zero-order chi connectivity index (χ0) is 14.5. The van der Waals surface area contributed by atoms with Gasteiger partial charge in [-0.3, -0.25) is 4.79 Å². The first-order valence-corrected chi connectivity index (χ1v) is 6.54. The van der Waals surface area contributed by atoms with Crippen molar-refractivity contribution in [3.8, 4) is 5.75 Å². The van der Waals surface area contributed by atoms with Crippen LogP contribution in [0, 0.1) is 0 Å². The van der Waals surface area contributed by atoms with Gasteiger partial charge in [0.05, 0.1) is 12.5 Å². The van der Waals surface area contributed by atoms with Crippen molar-refractivity contribution in [1.82, 2.24) is 0 Å². The summed E-state index contributed by atoms with van der Waals surface area (Å²) < 4.78 is 5.47. The second-order valence-electron chi connectivity index (χ2n) is 4.78. The molecule has 1 aromatic rings. The summed E-state index contributed by atoms with van der Waals surface area (Å²) in [7, 11) is 0. The molecule has 1 aliphatic rings. The van der Waals surface area contributed by atoms with Crippen molar-refractivity contribution in [1.29, 1.82) is 0 Å². The number of rotatable bonds is 4. The van der Waals surface area contributed by atoms with Crippen LogP contribution in [-0.2, 0) is 9.53 Å². The fourth-order valence-corrected chi connectivity index (χ4v) is 2.17. The van der Waals surface area contributed by atoms with E-state index in [0.717, 1.165) is 19.3 Å². The molecule has 1 aromatic carbocycles. The van der Waals surface area contributed by atoms with E-state index in [0.29, 0.717) is 12.3 Å². The molecule has 108 valence electrons. The highest BCUT2D eigenvalue weighted by molar-refractivity contribution is 5.95. The van der Waals surface area contributed by atoms with Crippen molar-refractivity contribution in [2.24, 2.45) is 0 Å². The second-order valence-corrected chi connectivity index (χ2v) is 4.78. The van der Waals surface area contributed by atoms with Crippen molar-refractivity contribution >= 4 is 17.6 Å². The predicted molar refractivity (Wildman–Crippen MR) is 71.9 cm³/mol. The average Bonchev–Trinajstić information content (AvgIpc) is 2.41. The fourth-order valence-electron chi connectivity index (χ4n) is 2.17. The van der Waals surface area contributed by atoms with Gasteiger partial charge in [0.1, 0.15) is 11.3 Å². The molecule has 0 radical (unpaired) electrons. The van der Waals surface area contributed by atoms with Gasteiger partial charge < -0.3 is 20.3 Å². The molecular formula is C14H17NO5. The van der Waals surface area contributed by atoms with Gasteiger partial charge in [-0.05, 0) is 37.5 Å². The Labute approximate surface area is 116 Å². The predicted octanol–water partition coefficient (Wildman–Crippen LogP) is 1.99. The largest absolute Gasteiger partial charge is 0.507 e. The smallest absolute Gasteiger partial charge is 0.339 e. The van der Waals surface area contributed by atoms with Crippen LogP contribution in [0.5, 0.6) is 5.75 Å². The number of carboxylic acid groups (broad SMARTS) is 1. The third-order valence-corrected chi connectivity index (χ3v) is 3.20. The highest BCUT2D eigenvalue weighted by Gasteiger charge is 2.18. The lowest BCUT2D eigenvalue weighted by atomic mass is 10.1. The van der Waals surface area contributed by atoms with E-state index in [1.165, 1.54) is 18.2 Å². The van der Waals surface area contributed by atoms with E-state index >= 15 is 0 Å². The van der Waals surface area contributed by atoms with Gasteiger partial charge in [0, 0.05) is 12.3 Å². The molecule has 2 rings (SSSR count). The number of carboxylic acids is 1. The van der Waals surface area contributed by atoms with Crippen molar-refractivity contribution in [2.75, 3.05) is 11.9 Å². The molecule has 1 aliphatic heterocycles. The second kappa shape index (κ2) is 6.38. The molecule has 1 atom stereocenters. The third-order valence-electron chi connectivity index (χ3n) is 3.20. The summed E-state index contributed by atoms with van der Waals surface area (Å²) in [4.78, 5) is 22.7. The van der Waals surface area contributed by atoms with E-state index < -0.39 is 5.97 Å². The Morgan fingerprint density at radius 2 is 2.15 bits per heavy atom. The first-order chi connectivity index (χ1) is 9.56. The Morgan fingerprint density at radius 3 is 2.80 bits per heavy atom. The maximum Gasteiger partial charge on any atom is 0.339 e. The molecular weight excluding hydrogens is 262 g/mol. The minimum atomic E-state index is -1.24. The fraction of sp³-hybridized carbons (Fsp3) is 0.429. The van der Waals surface area contributed by atoms with Gasteiger partial charge in [-0.2, -0.15) is 0 Å². The van der Waals surface area contributed by atoms with Crippen molar-refractivity contribution in [2.45, 2.75) is 31.8 Å². The van der Waals surface area contributed by atoms with E-state index in [4.69, 9.17) is 9.84 Å². The summed E-state index contributed by atoms with van der Waals surface area (Å²) in [5.41, 5.74) is 0.109. The number of anilines is 1. The van der Waals surface area contributed by atoms with Crippen LogP contribution >= 0.6 is 0 Å². The molecule has 1 heterocycles. The Balaban J connectivity index is 1.96. The summed E-state index contributed by atoms with van der Waals surface area (Å²) in [5.74, 6) is -1.79. The molecule has 1 unspecified atom stereocenters. The lowest BCUT2D eigenvalue weighted by Gasteiger charge is -2.21. The first kappa shape index (κ1) is 14.3. The molecule has 0 saturated carbocycles. The number of hydrogen-bond acceptors (Lipinski definition) is 4. The zero-order valence-corrected chi connectivity index (χ0v) is 11.0. The average molecular weight is 279 g/mol. The minimum Gasteiger partial charge on any atom is -0.507 e. The summed E-state index contributed by atoms with van der Waals surface area (Å²) in [6, 6.07) is 3.94. The van der Waals surface area contributed by atoms with Gasteiger partial charge in [0.15, 0.2) is 0 Å². The van der Waals surface area contributed by atoms with Gasteiger partial charge in [-0.15, -0.1) is 0 Å². The molecule has 3 N–H and O–H groups in total. The Morgan fingerprint density at radius 1 is 1.35 bits per heavy atom. The number of hydrogen-bond donors (Lipinski definition) is 3. The lowest BCUT2D eigenvalue weighted by molar-refractivity contribution is -0.119.